The van der Waals surface area contributed by atoms with Crippen molar-refractivity contribution in [1.29, 1.82) is 0 Å². The molecule has 0 radical (unpaired) electrons. The van der Waals surface area contributed by atoms with Gasteiger partial charge in [-0.3, -0.25) is 0 Å². The lowest BCUT2D eigenvalue weighted by atomic mass is 10.1. The predicted octanol–water partition coefficient (Wildman–Crippen LogP) is 3.00. The van der Waals surface area contributed by atoms with Crippen molar-refractivity contribution < 1.29 is 22.6 Å². The molecule has 5 nitrogen and oxygen atoms in total. The molecule has 0 unspecified atom stereocenters. The van der Waals surface area contributed by atoms with Crippen LogP contribution in [0.25, 0.3) is 11.0 Å². The summed E-state index contributed by atoms with van der Waals surface area (Å²) in [4.78, 5) is 3.83. The molecule has 0 spiro atoms. The Morgan fingerprint density at radius 1 is 1.13 bits per heavy atom. The number of aromatic nitrogens is 2. The molecule has 8 heteroatoms. The predicted molar refractivity (Wildman–Crippen MR) is 79.0 cm³/mol. The van der Waals surface area contributed by atoms with Gasteiger partial charge < -0.3 is 19.4 Å². The van der Waals surface area contributed by atoms with Crippen LogP contribution in [0.2, 0.25) is 0 Å². The molecular formula is C15H18F3N3O2. The Labute approximate surface area is 131 Å². The van der Waals surface area contributed by atoms with Gasteiger partial charge in [-0.2, -0.15) is 13.2 Å². The van der Waals surface area contributed by atoms with Crippen LogP contribution < -0.4 is 14.8 Å². The van der Waals surface area contributed by atoms with Crippen LogP contribution in [-0.2, 0) is 6.18 Å². The van der Waals surface area contributed by atoms with E-state index in [2.05, 4.69) is 10.3 Å². The fraction of sp³-hybridized carbons (Fsp3) is 0.533. The number of hydrogen-bond donors (Lipinski definition) is 1. The summed E-state index contributed by atoms with van der Waals surface area (Å²) < 4.78 is 52.0. The first-order valence-corrected chi connectivity index (χ1v) is 7.37. The molecule has 126 valence electrons. The summed E-state index contributed by atoms with van der Waals surface area (Å²) in [6, 6.07) is 2.82. The highest BCUT2D eigenvalue weighted by Gasteiger charge is 2.39. The molecule has 1 N–H and O–H groups in total. The lowest BCUT2D eigenvalue weighted by Crippen LogP contribution is -2.31. The molecular weight excluding hydrogens is 311 g/mol. The molecule has 0 atom stereocenters. The second-order valence-electron chi connectivity index (χ2n) is 5.48. The molecule has 0 amide bonds. The van der Waals surface area contributed by atoms with Gasteiger partial charge in [-0.25, -0.2) is 4.98 Å². The van der Waals surface area contributed by atoms with Crippen LogP contribution in [0.3, 0.4) is 0 Å². The van der Waals surface area contributed by atoms with E-state index in [1.807, 2.05) is 0 Å². The summed E-state index contributed by atoms with van der Waals surface area (Å²) in [7, 11) is 2.90. The summed E-state index contributed by atoms with van der Waals surface area (Å²) in [5.74, 6) is -0.109. The number of ether oxygens (including phenoxy) is 2. The first-order chi connectivity index (χ1) is 11.0. The number of fused-ring (bicyclic) bond motifs is 1. The molecule has 23 heavy (non-hydrogen) atoms. The minimum atomic E-state index is -4.51. The fourth-order valence-corrected chi connectivity index (χ4v) is 3.06. The highest BCUT2D eigenvalue weighted by atomic mass is 19.4. The van der Waals surface area contributed by atoms with Crippen LogP contribution >= 0.6 is 0 Å². The van der Waals surface area contributed by atoms with Gasteiger partial charge in [0.25, 0.3) is 0 Å². The van der Waals surface area contributed by atoms with Crippen LogP contribution in [0.5, 0.6) is 11.5 Å². The van der Waals surface area contributed by atoms with E-state index in [4.69, 9.17) is 9.47 Å². The maximum Gasteiger partial charge on any atom is 0.449 e. The molecule has 1 aliphatic rings. The van der Waals surface area contributed by atoms with E-state index in [0.29, 0.717) is 42.9 Å². The second-order valence-corrected chi connectivity index (χ2v) is 5.48. The molecule has 1 aromatic heterocycles. The summed E-state index contributed by atoms with van der Waals surface area (Å²) in [5, 5.41) is 3.16. The van der Waals surface area contributed by atoms with E-state index >= 15 is 0 Å². The molecule has 3 rings (SSSR count). The maximum absolute atomic E-state index is 13.4. The van der Waals surface area contributed by atoms with E-state index in [1.54, 1.807) is 6.07 Å². The first-order valence-electron chi connectivity index (χ1n) is 7.37. The van der Waals surface area contributed by atoms with E-state index in [0.717, 1.165) is 0 Å². The number of nitrogens with zero attached hydrogens (tertiary/aromatic N) is 2. The number of alkyl halides is 3. The zero-order valence-corrected chi connectivity index (χ0v) is 12.9. The summed E-state index contributed by atoms with van der Waals surface area (Å²) in [5.41, 5.74) is 0.676. The summed E-state index contributed by atoms with van der Waals surface area (Å²) >= 11 is 0. The van der Waals surface area contributed by atoms with Crippen molar-refractivity contribution in [2.24, 2.45) is 0 Å². The average Bonchev–Trinajstić information content (AvgIpc) is 2.92. The average molecular weight is 329 g/mol. The van der Waals surface area contributed by atoms with Gasteiger partial charge >= 0.3 is 6.18 Å². The van der Waals surface area contributed by atoms with E-state index in [9.17, 15) is 13.2 Å². The number of rotatable bonds is 3. The minimum absolute atomic E-state index is 0.240. The van der Waals surface area contributed by atoms with Crippen LogP contribution in [0, 0.1) is 0 Å². The molecule has 1 saturated heterocycles. The Morgan fingerprint density at radius 3 is 2.30 bits per heavy atom. The van der Waals surface area contributed by atoms with Crippen molar-refractivity contribution in [3.63, 3.8) is 0 Å². The SMILES string of the molecule is COc1cc2nc(C(F)(F)F)n(C3CCNCC3)c2cc1OC. The van der Waals surface area contributed by atoms with Gasteiger partial charge in [0, 0.05) is 18.2 Å². The standard InChI is InChI=1S/C15H18F3N3O2/c1-22-12-7-10-11(8-13(12)23-2)21(9-3-5-19-6-4-9)14(20-10)15(16,17)18/h7-9,19H,3-6H2,1-2H3. The lowest BCUT2D eigenvalue weighted by molar-refractivity contribution is -0.147. The van der Waals surface area contributed by atoms with E-state index in [-0.39, 0.29) is 11.6 Å². The van der Waals surface area contributed by atoms with Crippen molar-refractivity contribution >= 4 is 11.0 Å². The lowest BCUT2D eigenvalue weighted by Gasteiger charge is -2.26. The number of piperidine rings is 1. The quantitative estimate of drug-likeness (QED) is 0.940. The Balaban J connectivity index is 2.24. The topological polar surface area (TPSA) is 48.3 Å². The summed E-state index contributed by atoms with van der Waals surface area (Å²) in [6.07, 6.45) is -3.25. The van der Waals surface area contributed by atoms with Gasteiger partial charge in [0.1, 0.15) is 0 Å². The van der Waals surface area contributed by atoms with Crippen molar-refractivity contribution in [3.05, 3.63) is 18.0 Å². The largest absolute Gasteiger partial charge is 0.493 e. The molecule has 0 bridgehead atoms. The smallest absolute Gasteiger partial charge is 0.449 e. The Hall–Kier alpha value is -1.96. The van der Waals surface area contributed by atoms with Crippen molar-refractivity contribution in [2.45, 2.75) is 25.1 Å². The molecule has 0 saturated carbocycles. The van der Waals surface area contributed by atoms with Gasteiger partial charge in [0.05, 0.1) is 25.3 Å². The molecule has 1 aliphatic heterocycles. The third-order valence-corrected chi connectivity index (χ3v) is 4.12. The number of methoxy groups -OCH3 is 2. The molecule has 0 aliphatic carbocycles. The third-order valence-electron chi connectivity index (χ3n) is 4.12. The van der Waals surface area contributed by atoms with Crippen LogP contribution in [0.1, 0.15) is 24.7 Å². The Bertz CT molecular complexity index is 706. The Kier molecular flexibility index (Phi) is 4.09. The van der Waals surface area contributed by atoms with Gasteiger partial charge in [0.15, 0.2) is 11.5 Å². The molecule has 1 fully saturated rings. The third kappa shape index (κ3) is 2.83. The number of benzene rings is 1. The van der Waals surface area contributed by atoms with Gasteiger partial charge in [0.2, 0.25) is 5.82 Å². The van der Waals surface area contributed by atoms with E-state index < -0.39 is 12.0 Å². The number of nitrogens with one attached hydrogen (secondary N) is 1. The van der Waals surface area contributed by atoms with Crippen LogP contribution in [-0.4, -0.2) is 36.9 Å². The molecule has 2 heterocycles. The normalized spacial score (nSPS) is 16.7. The zero-order valence-electron chi connectivity index (χ0n) is 12.9. The first kappa shape index (κ1) is 15.9. The highest BCUT2D eigenvalue weighted by molar-refractivity contribution is 5.81. The highest BCUT2D eigenvalue weighted by Crippen LogP contribution is 2.39. The van der Waals surface area contributed by atoms with Crippen molar-refractivity contribution in [3.8, 4) is 11.5 Å². The monoisotopic (exact) mass is 329 g/mol. The fourth-order valence-electron chi connectivity index (χ4n) is 3.06. The minimum Gasteiger partial charge on any atom is -0.493 e. The van der Waals surface area contributed by atoms with Gasteiger partial charge in [-0.15, -0.1) is 0 Å². The number of hydrogen-bond acceptors (Lipinski definition) is 4. The van der Waals surface area contributed by atoms with Crippen molar-refractivity contribution in [2.75, 3.05) is 27.3 Å². The van der Waals surface area contributed by atoms with Gasteiger partial charge in [-0.05, 0) is 25.9 Å². The Morgan fingerprint density at radius 2 is 1.74 bits per heavy atom. The summed E-state index contributed by atoms with van der Waals surface area (Å²) in [6.45, 7) is 1.38. The maximum atomic E-state index is 13.4. The molecule has 1 aromatic carbocycles. The van der Waals surface area contributed by atoms with E-state index in [1.165, 1.54) is 24.9 Å². The van der Waals surface area contributed by atoms with Crippen LogP contribution in [0.15, 0.2) is 12.1 Å². The van der Waals surface area contributed by atoms with Crippen LogP contribution in [0.4, 0.5) is 13.2 Å². The molecule has 2 aromatic rings. The van der Waals surface area contributed by atoms with Gasteiger partial charge in [-0.1, -0.05) is 0 Å². The van der Waals surface area contributed by atoms with Crippen molar-refractivity contribution in [1.82, 2.24) is 14.9 Å². The second kappa shape index (κ2) is 5.92. The zero-order chi connectivity index (χ0) is 16.6. The number of halogens is 3. The number of imidazole rings is 1.